The molecule has 7 heteroatoms. The fraction of sp³-hybridized carbons (Fsp3) is 0.400. The standard InChI is InChI=1S/C15H19N5O2/c1-5-10-11-13(17-18-14(11)20(4)19-10)16-15(21)12-9(8(2)3)6-7-22-12/h6-8H,5H2,1-4H3,(H2,16,17,18,21). The number of nitrogens with one attached hydrogen (secondary N) is 2. The molecule has 116 valence electrons. The number of anilines is 1. The molecule has 0 spiro atoms. The van der Waals surface area contributed by atoms with Gasteiger partial charge in [-0.25, -0.2) is 4.68 Å². The van der Waals surface area contributed by atoms with Crippen LogP contribution in [0.3, 0.4) is 0 Å². The third-order valence-electron chi connectivity index (χ3n) is 3.71. The molecule has 0 saturated heterocycles. The minimum Gasteiger partial charge on any atom is -0.459 e. The van der Waals surface area contributed by atoms with Crippen LogP contribution in [0.4, 0.5) is 5.82 Å². The van der Waals surface area contributed by atoms with Crippen molar-refractivity contribution in [3.63, 3.8) is 0 Å². The van der Waals surface area contributed by atoms with Gasteiger partial charge in [-0.3, -0.25) is 9.89 Å². The van der Waals surface area contributed by atoms with Gasteiger partial charge in [0.05, 0.1) is 17.3 Å². The van der Waals surface area contributed by atoms with E-state index >= 15 is 0 Å². The summed E-state index contributed by atoms with van der Waals surface area (Å²) in [6.45, 7) is 6.06. The molecule has 3 rings (SSSR count). The van der Waals surface area contributed by atoms with Crippen molar-refractivity contribution in [2.75, 3.05) is 5.32 Å². The van der Waals surface area contributed by atoms with Crippen LogP contribution in [0.15, 0.2) is 16.7 Å². The second-order valence-corrected chi connectivity index (χ2v) is 5.53. The molecule has 0 bridgehead atoms. The Balaban J connectivity index is 1.96. The number of amides is 1. The minimum absolute atomic E-state index is 0.214. The third kappa shape index (κ3) is 2.18. The fourth-order valence-corrected chi connectivity index (χ4v) is 2.58. The predicted molar refractivity (Wildman–Crippen MR) is 83.0 cm³/mol. The molecule has 0 aliphatic rings. The van der Waals surface area contributed by atoms with E-state index in [1.165, 1.54) is 6.26 Å². The summed E-state index contributed by atoms with van der Waals surface area (Å²) >= 11 is 0. The van der Waals surface area contributed by atoms with Crippen LogP contribution >= 0.6 is 0 Å². The number of hydrogen-bond donors (Lipinski definition) is 2. The van der Waals surface area contributed by atoms with Gasteiger partial charge in [-0.15, -0.1) is 0 Å². The molecule has 0 unspecified atom stereocenters. The van der Waals surface area contributed by atoms with E-state index < -0.39 is 0 Å². The lowest BCUT2D eigenvalue weighted by molar-refractivity contribution is 0.0994. The first-order valence-electron chi connectivity index (χ1n) is 7.31. The van der Waals surface area contributed by atoms with Crippen molar-refractivity contribution in [1.82, 2.24) is 20.0 Å². The van der Waals surface area contributed by atoms with Gasteiger partial charge >= 0.3 is 0 Å². The van der Waals surface area contributed by atoms with Crippen molar-refractivity contribution in [2.45, 2.75) is 33.1 Å². The van der Waals surface area contributed by atoms with Gasteiger partial charge in [-0.2, -0.15) is 10.2 Å². The highest BCUT2D eigenvalue weighted by molar-refractivity contribution is 6.07. The second-order valence-electron chi connectivity index (χ2n) is 5.53. The molecule has 0 saturated carbocycles. The van der Waals surface area contributed by atoms with Crippen LogP contribution in [-0.2, 0) is 13.5 Å². The summed E-state index contributed by atoms with van der Waals surface area (Å²) in [5, 5.41) is 15.2. The van der Waals surface area contributed by atoms with E-state index in [1.807, 2.05) is 33.9 Å². The molecule has 22 heavy (non-hydrogen) atoms. The molecule has 0 fully saturated rings. The van der Waals surface area contributed by atoms with Crippen LogP contribution in [0.5, 0.6) is 0 Å². The average molecular weight is 301 g/mol. The van der Waals surface area contributed by atoms with Crippen molar-refractivity contribution in [2.24, 2.45) is 7.05 Å². The van der Waals surface area contributed by atoms with Gasteiger partial charge in [0, 0.05) is 12.6 Å². The number of fused-ring (bicyclic) bond motifs is 1. The smallest absolute Gasteiger partial charge is 0.292 e. The number of carbonyl (C=O) groups excluding carboxylic acids is 1. The molecule has 0 aliphatic heterocycles. The highest BCUT2D eigenvalue weighted by atomic mass is 16.3. The van der Waals surface area contributed by atoms with E-state index in [0.29, 0.717) is 11.6 Å². The maximum absolute atomic E-state index is 12.5. The molecule has 3 heterocycles. The highest BCUT2D eigenvalue weighted by Gasteiger charge is 2.21. The van der Waals surface area contributed by atoms with E-state index in [9.17, 15) is 4.79 Å². The number of rotatable bonds is 4. The zero-order valence-corrected chi connectivity index (χ0v) is 13.1. The highest BCUT2D eigenvalue weighted by Crippen LogP contribution is 2.26. The van der Waals surface area contributed by atoms with Gasteiger partial charge in [0.15, 0.2) is 11.4 Å². The maximum Gasteiger partial charge on any atom is 0.292 e. The van der Waals surface area contributed by atoms with E-state index in [0.717, 1.165) is 28.7 Å². The molecule has 0 aliphatic carbocycles. The van der Waals surface area contributed by atoms with Crippen LogP contribution in [0.2, 0.25) is 0 Å². The number of aromatic nitrogens is 4. The normalized spacial score (nSPS) is 11.5. The van der Waals surface area contributed by atoms with Gasteiger partial charge < -0.3 is 9.73 Å². The Morgan fingerprint density at radius 1 is 1.50 bits per heavy atom. The van der Waals surface area contributed by atoms with Crippen molar-refractivity contribution in [1.29, 1.82) is 0 Å². The number of aromatic amines is 1. The van der Waals surface area contributed by atoms with Gasteiger partial charge in [0.2, 0.25) is 0 Å². The molecule has 0 aromatic carbocycles. The predicted octanol–water partition coefficient (Wildman–Crippen LogP) is 2.83. The number of H-pyrrole nitrogens is 1. The SMILES string of the molecule is CCc1nn(C)c2n[nH]c(NC(=O)c3occc3C(C)C)c12. The maximum atomic E-state index is 12.5. The van der Waals surface area contributed by atoms with E-state index in [-0.39, 0.29) is 11.8 Å². The fourth-order valence-electron chi connectivity index (χ4n) is 2.58. The third-order valence-corrected chi connectivity index (χ3v) is 3.71. The van der Waals surface area contributed by atoms with Crippen LogP contribution in [0.1, 0.15) is 48.5 Å². The molecule has 0 radical (unpaired) electrons. The molecule has 3 aromatic heterocycles. The Kier molecular flexibility index (Phi) is 3.48. The largest absolute Gasteiger partial charge is 0.459 e. The topological polar surface area (TPSA) is 88.7 Å². The first-order chi connectivity index (χ1) is 10.5. The van der Waals surface area contributed by atoms with Crippen LogP contribution in [0, 0.1) is 0 Å². The van der Waals surface area contributed by atoms with Crippen molar-refractivity contribution < 1.29 is 9.21 Å². The Bertz CT molecular complexity index is 824. The summed E-state index contributed by atoms with van der Waals surface area (Å²) in [5.41, 5.74) is 2.50. The molecule has 7 nitrogen and oxygen atoms in total. The number of aryl methyl sites for hydroxylation is 2. The van der Waals surface area contributed by atoms with Gasteiger partial charge in [-0.1, -0.05) is 20.8 Å². The van der Waals surface area contributed by atoms with Crippen LogP contribution in [0.25, 0.3) is 11.0 Å². The van der Waals surface area contributed by atoms with Gasteiger partial charge in [-0.05, 0) is 18.4 Å². The zero-order valence-electron chi connectivity index (χ0n) is 13.1. The summed E-state index contributed by atoms with van der Waals surface area (Å²) in [7, 11) is 1.83. The number of furan rings is 1. The van der Waals surface area contributed by atoms with Crippen molar-refractivity contribution in [3.8, 4) is 0 Å². The minimum atomic E-state index is -0.287. The zero-order chi connectivity index (χ0) is 15.9. The Morgan fingerprint density at radius 3 is 2.95 bits per heavy atom. The van der Waals surface area contributed by atoms with Crippen molar-refractivity contribution >= 4 is 22.8 Å². The summed E-state index contributed by atoms with van der Waals surface area (Å²) in [5.74, 6) is 0.812. The van der Waals surface area contributed by atoms with Gasteiger partial charge in [0.25, 0.3) is 5.91 Å². The molecule has 0 atom stereocenters. The first kappa shape index (κ1) is 14.4. The van der Waals surface area contributed by atoms with Crippen molar-refractivity contribution in [3.05, 3.63) is 29.3 Å². The Morgan fingerprint density at radius 2 is 2.27 bits per heavy atom. The quantitative estimate of drug-likeness (QED) is 0.775. The lowest BCUT2D eigenvalue weighted by Crippen LogP contribution is -2.14. The molecule has 2 N–H and O–H groups in total. The van der Waals surface area contributed by atoms with Crippen LogP contribution in [-0.4, -0.2) is 25.9 Å². The summed E-state index contributed by atoms with van der Waals surface area (Å²) < 4.78 is 7.04. The summed E-state index contributed by atoms with van der Waals surface area (Å²) in [6.07, 6.45) is 2.30. The molecule has 1 amide bonds. The van der Waals surface area contributed by atoms with Gasteiger partial charge in [0.1, 0.15) is 5.82 Å². The van der Waals surface area contributed by atoms with E-state index in [1.54, 1.807) is 4.68 Å². The number of hydrogen-bond acceptors (Lipinski definition) is 4. The molecule has 3 aromatic rings. The number of nitrogens with zero attached hydrogens (tertiary/aromatic N) is 3. The second kappa shape index (κ2) is 5.32. The Hall–Kier alpha value is -2.57. The monoisotopic (exact) mass is 301 g/mol. The molecular formula is C15H19N5O2. The summed E-state index contributed by atoms with van der Waals surface area (Å²) in [6, 6.07) is 1.82. The molecular weight excluding hydrogens is 282 g/mol. The van der Waals surface area contributed by atoms with E-state index in [4.69, 9.17) is 4.42 Å². The van der Waals surface area contributed by atoms with E-state index in [2.05, 4.69) is 20.6 Å². The lowest BCUT2D eigenvalue weighted by atomic mass is 10.0. The number of carbonyl (C=O) groups is 1. The first-order valence-corrected chi connectivity index (χ1v) is 7.31. The average Bonchev–Trinajstić information content (AvgIpc) is 3.16. The Labute approximate surface area is 127 Å². The summed E-state index contributed by atoms with van der Waals surface area (Å²) in [4.78, 5) is 12.5. The lowest BCUT2D eigenvalue weighted by Gasteiger charge is -2.06. The van der Waals surface area contributed by atoms with Crippen LogP contribution < -0.4 is 5.32 Å².